The fourth-order valence-corrected chi connectivity index (χ4v) is 6.48. The molecule has 0 saturated carbocycles. The maximum absolute atomic E-state index is 13.9. The number of likely N-dealkylation sites (tertiary alicyclic amines) is 1. The van der Waals surface area contributed by atoms with Crippen LogP contribution in [0.5, 0.6) is 0 Å². The lowest BCUT2D eigenvalue weighted by molar-refractivity contribution is -0.146. The van der Waals surface area contributed by atoms with Crippen LogP contribution in [0.25, 0.3) is 0 Å². The van der Waals surface area contributed by atoms with Crippen LogP contribution in [0.3, 0.4) is 0 Å². The Balaban J connectivity index is 1.69. The van der Waals surface area contributed by atoms with Crippen LogP contribution in [-0.4, -0.2) is 64.7 Å². The summed E-state index contributed by atoms with van der Waals surface area (Å²) in [5.41, 5.74) is -1.30. The summed E-state index contributed by atoms with van der Waals surface area (Å²) in [6, 6.07) is 5.97. The summed E-state index contributed by atoms with van der Waals surface area (Å²) in [5.74, 6) is -2.06. The largest absolute Gasteiger partial charge is 0.396 e. The van der Waals surface area contributed by atoms with Gasteiger partial charge in [-0.3, -0.25) is 14.4 Å². The highest BCUT2D eigenvalue weighted by Gasteiger charge is 2.79. The van der Waals surface area contributed by atoms with Crippen LogP contribution in [0.15, 0.2) is 24.3 Å². The first kappa shape index (κ1) is 25.9. The zero-order valence-corrected chi connectivity index (χ0v) is 21.4. The van der Waals surface area contributed by atoms with Crippen molar-refractivity contribution in [2.75, 3.05) is 25.0 Å². The first-order valence-corrected chi connectivity index (χ1v) is 13.0. The van der Waals surface area contributed by atoms with Crippen molar-refractivity contribution in [3.05, 3.63) is 29.3 Å². The van der Waals surface area contributed by atoms with Crippen molar-refractivity contribution in [2.24, 2.45) is 17.8 Å². The van der Waals surface area contributed by atoms with Crippen LogP contribution in [-0.2, 0) is 19.1 Å². The minimum atomic E-state index is -1.06. The lowest BCUT2D eigenvalue weighted by Gasteiger charge is -2.36. The Morgan fingerprint density at radius 2 is 1.91 bits per heavy atom. The van der Waals surface area contributed by atoms with Crippen molar-refractivity contribution >= 4 is 35.0 Å². The van der Waals surface area contributed by atoms with Crippen molar-refractivity contribution in [3.63, 3.8) is 0 Å². The molecule has 3 unspecified atom stereocenters. The molecule has 0 aromatic heterocycles. The average molecular weight is 506 g/mol. The van der Waals surface area contributed by atoms with Gasteiger partial charge in [0.05, 0.1) is 17.4 Å². The van der Waals surface area contributed by atoms with Gasteiger partial charge in [0.15, 0.2) is 0 Å². The Labute approximate surface area is 211 Å². The maximum atomic E-state index is 13.9. The van der Waals surface area contributed by atoms with Gasteiger partial charge in [-0.15, -0.1) is 0 Å². The van der Waals surface area contributed by atoms with Gasteiger partial charge in [-0.25, -0.2) is 0 Å². The van der Waals surface area contributed by atoms with E-state index in [1.807, 2.05) is 20.8 Å². The molecule has 3 heterocycles. The smallest absolute Gasteiger partial charge is 0.250 e. The molecular weight excluding hydrogens is 470 g/mol. The van der Waals surface area contributed by atoms with Crippen LogP contribution < -0.4 is 10.6 Å². The number of anilines is 1. The lowest BCUT2D eigenvalue weighted by Crippen LogP contribution is -2.54. The highest BCUT2D eigenvalue weighted by atomic mass is 35.5. The highest BCUT2D eigenvalue weighted by Crippen LogP contribution is 2.65. The molecule has 3 N–H and O–H groups in total. The minimum Gasteiger partial charge on any atom is -0.396 e. The number of aliphatic hydroxyl groups is 1. The second-order valence-electron chi connectivity index (χ2n) is 10.3. The standard InChI is InChI=1S/C26H36ClN3O5/c1-4-12-28-22(32)19-20-24(34)30(13-6-5-7-14-31)21(26(20)15-16(2)25(19,3)35-26)23(33)29-18-10-8-17(27)9-11-18/h8-11,16,19-21,31H,4-7,12-15H2,1-3H3,(H,28,32)(H,29,33)/t16?,19-,20-,21?,25+,26?/m0/s1. The third-order valence-corrected chi connectivity index (χ3v) is 8.32. The van der Waals surface area contributed by atoms with Crippen LogP contribution >= 0.6 is 11.6 Å². The molecule has 6 atom stereocenters. The number of unbranched alkanes of at least 4 members (excludes halogenated alkanes) is 2. The normalized spacial score (nSPS) is 33.2. The molecule has 8 nitrogen and oxygen atoms in total. The SMILES string of the molecule is CCCNC(=O)[C@@H]1[C@H]2C(=O)N(CCCCCO)C(C(=O)Nc3ccc(Cl)cc3)C23CC(C)[C@@]1(C)O3. The molecule has 192 valence electrons. The van der Waals surface area contributed by atoms with Gasteiger partial charge in [-0.1, -0.05) is 25.4 Å². The molecule has 1 aromatic carbocycles. The van der Waals surface area contributed by atoms with Crippen LogP contribution in [0, 0.1) is 17.8 Å². The summed E-state index contributed by atoms with van der Waals surface area (Å²) in [5, 5.41) is 15.6. The first-order chi connectivity index (χ1) is 16.7. The second kappa shape index (κ2) is 10.1. The fraction of sp³-hybridized carbons (Fsp3) is 0.654. The monoisotopic (exact) mass is 505 g/mol. The summed E-state index contributed by atoms with van der Waals surface area (Å²) in [4.78, 5) is 42.6. The number of aliphatic hydroxyl groups excluding tert-OH is 1. The molecule has 35 heavy (non-hydrogen) atoms. The van der Waals surface area contributed by atoms with E-state index in [9.17, 15) is 14.4 Å². The topological polar surface area (TPSA) is 108 Å². The first-order valence-electron chi connectivity index (χ1n) is 12.6. The number of nitrogens with one attached hydrogen (secondary N) is 2. The number of ether oxygens (including phenoxy) is 1. The molecular formula is C26H36ClN3O5. The summed E-state index contributed by atoms with van der Waals surface area (Å²) < 4.78 is 6.67. The third kappa shape index (κ3) is 4.34. The van der Waals surface area contributed by atoms with E-state index >= 15 is 0 Å². The van der Waals surface area contributed by atoms with E-state index in [1.165, 1.54) is 0 Å². The number of amides is 3. The van der Waals surface area contributed by atoms with Crippen LogP contribution in [0.4, 0.5) is 5.69 Å². The zero-order valence-electron chi connectivity index (χ0n) is 20.7. The highest BCUT2D eigenvalue weighted by molar-refractivity contribution is 6.30. The fourth-order valence-electron chi connectivity index (χ4n) is 6.35. The zero-order chi connectivity index (χ0) is 25.4. The number of benzene rings is 1. The molecule has 0 aliphatic carbocycles. The van der Waals surface area contributed by atoms with Crippen molar-refractivity contribution < 1.29 is 24.2 Å². The molecule has 3 aliphatic rings. The minimum absolute atomic E-state index is 0.00379. The Kier molecular flexibility index (Phi) is 7.46. The van der Waals surface area contributed by atoms with Gasteiger partial charge >= 0.3 is 0 Å². The average Bonchev–Trinajstić information content (AvgIpc) is 3.33. The number of rotatable bonds is 10. The molecule has 1 aromatic rings. The van der Waals surface area contributed by atoms with E-state index in [2.05, 4.69) is 10.6 Å². The quantitative estimate of drug-likeness (QED) is 0.424. The van der Waals surface area contributed by atoms with Gasteiger partial charge in [0.1, 0.15) is 11.6 Å². The number of carbonyl (C=O) groups is 3. The van der Waals surface area contributed by atoms with Gasteiger partial charge in [0.25, 0.3) is 0 Å². The van der Waals surface area contributed by atoms with Crippen molar-refractivity contribution in [3.8, 4) is 0 Å². The van der Waals surface area contributed by atoms with E-state index in [0.717, 1.165) is 12.8 Å². The van der Waals surface area contributed by atoms with E-state index in [-0.39, 0.29) is 30.2 Å². The molecule has 0 radical (unpaired) electrons. The number of fused-ring (bicyclic) bond motifs is 1. The molecule has 1 spiro atoms. The Hall–Kier alpha value is -2.16. The lowest BCUT2D eigenvalue weighted by atomic mass is 9.62. The number of nitrogens with zero attached hydrogens (tertiary/aromatic N) is 1. The van der Waals surface area contributed by atoms with Gasteiger partial charge in [-0.05, 0) is 69.2 Å². The summed E-state index contributed by atoms with van der Waals surface area (Å²) >= 11 is 6.00. The van der Waals surface area contributed by atoms with Gasteiger partial charge in [-0.2, -0.15) is 0 Å². The third-order valence-electron chi connectivity index (χ3n) is 8.06. The molecule has 3 fully saturated rings. The molecule has 3 saturated heterocycles. The maximum Gasteiger partial charge on any atom is 0.250 e. The van der Waals surface area contributed by atoms with Gasteiger partial charge < -0.3 is 25.4 Å². The predicted molar refractivity (Wildman–Crippen MR) is 133 cm³/mol. The van der Waals surface area contributed by atoms with Gasteiger partial charge in [0.2, 0.25) is 17.7 Å². The molecule has 2 bridgehead atoms. The van der Waals surface area contributed by atoms with E-state index in [4.69, 9.17) is 21.4 Å². The number of hydrogen-bond donors (Lipinski definition) is 3. The Morgan fingerprint density at radius 3 is 2.57 bits per heavy atom. The number of carbonyl (C=O) groups excluding carboxylic acids is 3. The summed E-state index contributed by atoms with van der Waals surface area (Å²) in [7, 11) is 0. The predicted octanol–water partition coefficient (Wildman–Crippen LogP) is 2.98. The Bertz CT molecular complexity index is 972. The summed E-state index contributed by atoms with van der Waals surface area (Å²) in [6.45, 7) is 6.91. The van der Waals surface area contributed by atoms with E-state index in [1.54, 1.807) is 29.2 Å². The summed E-state index contributed by atoms with van der Waals surface area (Å²) in [6.07, 6.45) is 3.34. The number of halogens is 1. The van der Waals surface area contributed by atoms with Crippen molar-refractivity contribution in [1.29, 1.82) is 0 Å². The molecule has 3 amide bonds. The van der Waals surface area contributed by atoms with Crippen molar-refractivity contribution in [2.45, 2.75) is 70.1 Å². The van der Waals surface area contributed by atoms with Crippen molar-refractivity contribution in [1.82, 2.24) is 10.2 Å². The van der Waals surface area contributed by atoms with Crippen LogP contribution in [0.1, 0.15) is 52.9 Å². The second-order valence-corrected chi connectivity index (χ2v) is 10.7. The molecule has 4 rings (SSSR count). The van der Waals surface area contributed by atoms with E-state index < -0.39 is 29.1 Å². The van der Waals surface area contributed by atoms with Crippen LogP contribution in [0.2, 0.25) is 5.02 Å². The molecule has 3 aliphatic heterocycles. The Morgan fingerprint density at radius 1 is 1.20 bits per heavy atom. The van der Waals surface area contributed by atoms with Gasteiger partial charge in [0, 0.05) is 30.4 Å². The van der Waals surface area contributed by atoms with E-state index in [0.29, 0.717) is 43.1 Å². The number of hydrogen-bond acceptors (Lipinski definition) is 5. The molecule has 9 heteroatoms.